The van der Waals surface area contributed by atoms with Crippen molar-refractivity contribution in [1.82, 2.24) is 5.43 Å². The van der Waals surface area contributed by atoms with Crippen LogP contribution in [0.15, 0.2) is 23.2 Å². The second-order valence-electron chi connectivity index (χ2n) is 5.02. The van der Waals surface area contributed by atoms with Crippen LogP contribution in [0.25, 0.3) is 0 Å². The van der Waals surface area contributed by atoms with Crippen molar-refractivity contribution in [2.75, 3.05) is 14.2 Å². The molecule has 0 bridgehead atoms. The van der Waals surface area contributed by atoms with Crippen LogP contribution >= 0.6 is 0 Å². The van der Waals surface area contributed by atoms with Crippen molar-refractivity contribution >= 4 is 5.84 Å². The predicted octanol–water partition coefficient (Wildman–Crippen LogP) is 2.05. The van der Waals surface area contributed by atoms with Gasteiger partial charge in [-0.1, -0.05) is 18.9 Å². The Labute approximate surface area is 120 Å². The molecule has 2 rings (SSSR count). The molecule has 0 saturated heterocycles. The summed E-state index contributed by atoms with van der Waals surface area (Å²) in [6.45, 7) is 0. The summed E-state index contributed by atoms with van der Waals surface area (Å²) in [6, 6.07) is 6.28. The number of amidine groups is 1. The molecular weight excluding hydrogens is 254 g/mol. The third-order valence-electron chi connectivity index (χ3n) is 3.65. The summed E-state index contributed by atoms with van der Waals surface area (Å²) in [5, 5.41) is 0. The fraction of sp³-hybridized carbons (Fsp3) is 0.533. The van der Waals surface area contributed by atoms with Gasteiger partial charge in [-0.25, -0.2) is 5.84 Å². The zero-order valence-electron chi connectivity index (χ0n) is 12.2. The van der Waals surface area contributed by atoms with Gasteiger partial charge in [-0.05, 0) is 30.5 Å². The molecule has 0 aromatic heterocycles. The highest BCUT2D eigenvalue weighted by Crippen LogP contribution is 2.28. The van der Waals surface area contributed by atoms with Crippen LogP contribution in [0.4, 0.5) is 0 Å². The third-order valence-corrected chi connectivity index (χ3v) is 3.65. The summed E-state index contributed by atoms with van der Waals surface area (Å²) >= 11 is 0. The van der Waals surface area contributed by atoms with Crippen molar-refractivity contribution in [2.45, 2.75) is 38.1 Å². The second-order valence-corrected chi connectivity index (χ2v) is 5.02. The van der Waals surface area contributed by atoms with Crippen molar-refractivity contribution in [2.24, 2.45) is 10.8 Å². The Hall–Kier alpha value is -1.75. The normalized spacial score (nSPS) is 16.2. The highest BCUT2D eigenvalue weighted by atomic mass is 16.5. The first-order valence-corrected chi connectivity index (χ1v) is 7.01. The van der Waals surface area contributed by atoms with E-state index in [1.165, 1.54) is 12.8 Å². The number of nitrogens with two attached hydrogens (primary N) is 1. The highest BCUT2D eigenvalue weighted by molar-refractivity contribution is 5.84. The standard InChI is InChI=1S/C15H23N3O2/c1-19-13-8-7-11(9-14(13)20-2)10-15(18-16)17-12-5-3-4-6-12/h7-9,12H,3-6,10,16H2,1-2H3,(H,17,18). The number of benzene rings is 1. The maximum atomic E-state index is 5.59. The van der Waals surface area contributed by atoms with Gasteiger partial charge in [-0.3, -0.25) is 4.99 Å². The third kappa shape index (κ3) is 3.63. The van der Waals surface area contributed by atoms with Crippen LogP contribution in [0, 0.1) is 0 Å². The molecule has 3 N–H and O–H groups in total. The Morgan fingerprint density at radius 2 is 1.95 bits per heavy atom. The number of aliphatic imine (C=N–C) groups is 1. The molecular formula is C15H23N3O2. The zero-order valence-corrected chi connectivity index (χ0v) is 12.2. The Morgan fingerprint density at radius 3 is 2.55 bits per heavy atom. The summed E-state index contributed by atoms with van der Waals surface area (Å²) in [4.78, 5) is 4.70. The number of nitrogens with one attached hydrogen (secondary N) is 1. The van der Waals surface area contributed by atoms with Gasteiger partial charge in [0.05, 0.1) is 20.3 Å². The molecule has 0 amide bonds. The van der Waals surface area contributed by atoms with Crippen molar-refractivity contribution < 1.29 is 9.47 Å². The lowest BCUT2D eigenvalue weighted by Crippen LogP contribution is -2.33. The van der Waals surface area contributed by atoms with Gasteiger partial charge in [-0.2, -0.15) is 0 Å². The number of hydrogen-bond donors (Lipinski definition) is 2. The van der Waals surface area contributed by atoms with Gasteiger partial charge >= 0.3 is 0 Å². The van der Waals surface area contributed by atoms with Crippen LogP contribution in [-0.4, -0.2) is 26.1 Å². The highest BCUT2D eigenvalue weighted by Gasteiger charge is 2.15. The van der Waals surface area contributed by atoms with E-state index >= 15 is 0 Å². The summed E-state index contributed by atoms with van der Waals surface area (Å²) in [5.41, 5.74) is 3.82. The SMILES string of the molecule is COc1ccc(CC(=NC2CCCC2)NN)cc1OC. The average Bonchev–Trinajstić information content (AvgIpc) is 2.99. The monoisotopic (exact) mass is 277 g/mol. The van der Waals surface area contributed by atoms with Crippen LogP contribution in [0.3, 0.4) is 0 Å². The van der Waals surface area contributed by atoms with Crippen molar-refractivity contribution in [1.29, 1.82) is 0 Å². The molecule has 0 aliphatic heterocycles. The average molecular weight is 277 g/mol. The molecule has 0 unspecified atom stereocenters. The summed E-state index contributed by atoms with van der Waals surface area (Å²) in [7, 11) is 3.27. The molecule has 0 spiro atoms. The van der Waals surface area contributed by atoms with E-state index in [0.717, 1.165) is 35.7 Å². The van der Waals surface area contributed by atoms with Gasteiger partial charge in [0.15, 0.2) is 11.5 Å². The minimum Gasteiger partial charge on any atom is -0.493 e. The van der Waals surface area contributed by atoms with E-state index in [4.69, 9.17) is 20.3 Å². The fourth-order valence-electron chi connectivity index (χ4n) is 2.57. The molecule has 1 aliphatic rings. The van der Waals surface area contributed by atoms with Crippen molar-refractivity contribution in [3.63, 3.8) is 0 Å². The van der Waals surface area contributed by atoms with Crippen LogP contribution in [0.5, 0.6) is 11.5 Å². The topological polar surface area (TPSA) is 68.9 Å². The number of nitrogens with zero attached hydrogens (tertiary/aromatic N) is 1. The zero-order chi connectivity index (χ0) is 14.4. The van der Waals surface area contributed by atoms with Crippen molar-refractivity contribution in [3.8, 4) is 11.5 Å². The lowest BCUT2D eigenvalue weighted by Gasteiger charge is -2.12. The first kappa shape index (κ1) is 14.7. The Kier molecular flexibility index (Phi) is 5.24. The number of hydrogen-bond acceptors (Lipinski definition) is 4. The molecule has 20 heavy (non-hydrogen) atoms. The first-order chi connectivity index (χ1) is 9.76. The van der Waals surface area contributed by atoms with Gasteiger partial charge in [0.1, 0.15) is 5.84 Å². The van der Waals surface area contributed by atoms with E-state index in [9.17, 15) is 0 Å². The summed E-state index contributed by atoms with van der Waals surface area (Å²) in [5.74, 6) is 7.86. The number of methoxy groups -OCH3 is 2. The number of ether oxygens (including phenoxy) is 2. The van der Waals surface area contributed by atoms with E-state index in [-0.39, 0.29) is 0 Å². The van der Waals surface area contributed by atoms with Gasteiger partial charge in [0, 0.05) is 6.42 Å². The van der Waals surface area contributed by atoms with Crippen LogP contribution in [-0.2, 0) is 6.42 Å². The summed E-state index contributed by atoms with van der Waals surface area (Å²) in [6.07, 6.45) is 5.53. The number of rotatable bonds is 5. The first-order valence-electron chi connectivity index (χ1n) is 7.01. The minimum atomic E-state index is 0.418. The fourth-order valence-corrected chi connectivity index (χ4v) is 2.57. The van der Waals surface area contributed by atoms with E-state index in [1.807, 2.05) is 18.2 Å². The van der Waals surface area contributed by atoms with Gasteiger partial charge in [0.25, 0.3) is 0 Å². The second kappa shape index (κ2) is 7.14. The van der Waals surface area contributed by atoms with Crippen LogP contribution in [0.2, 0.25) is 0 Å². The lowest BCUT2D eigenvalue weighted by atomic mass is 10.1. The lowest BCUT2D eigenvalue weighted by molar-refractivity contribution is 0.354. The quantitative estimate of drug-likeness (QED) is 0.374. The van der Waals surface area contributed by atoms with Crippen molar-refractivity contribution in [3.05, 3.63) is 23.8 Å². The largest absolute Gasteiger partial charge is 0.493 e. The maximum absolute atomic E-state index is 5.59. The Bertz CT molecular complexity index is 468. The van der Waals surface area contributed by atoms with Gasteiger partial charge in [0.2, 0.25) is 0 Å². The Balaban J connectivity index is 2.10. The van der Waals surface area contributed by atoms with E-state index < -0.39 is 0 Å². The molecule has 0 atom stereocenters. The smallest absolute Gasteiger partial charge is 0.161 e. The maximum Gasteiger partial charge on any atom is 0.161 e. The molecule has 1 aromatic carbocycles. The predicted molar refractivity (Wildman–Crippen MR) is 80.3 cm³/mol. The minimum absolute atomic E-state index is 0.418. The number of hydrazine groups is 1. The molecule has 1 aromatic rings. The van der Waals surface area contributed by atoms with Crippen LogP contribution in [0.1, 0.15) is 31.2 Å². The molecule has 5 heteroatoms. The molecule has 1 aliphatic carbocycles. The van der Waals surface area contributed by atoms with Gasteiger partial charge < -0.3 is 14.9 Å². The molecule has 110 valence electrons. The Morgan fingerprint density at radius 1 is 1.25 bits per heavy atom. The molecule has 5 nitrogen and oxygen atoms in total. The molecule has 1 saturated carbocycles. The molecule has 1 fully saturated rings. The van der Waals surface area contributed by atoms with Gasteiger partial charge in [-0.15, -0.1) is 0 Å². The summed E-state index contributed by atoms with van der Waals surface area (Å²) < 4.78 is 10.5. The molecule has 0 heterocycles. The molecule has 0 radical (unpaired) electrons. The van der Waals surface area contributed by atoms with E-state index in [0.29, 0.717) is 12.5 Å². The van der Waals surface area contributed by atoms with E-state index in [2.05, 4.69) is 5.43 Å². The van der Waals surface area contributed by atoms with Crippen LogP contribution < -0.4 is 20.7 Å². The van der Waals surface area contributed by atoms with E-state index in [1.54, 1.807) is 14.2 Å².